The predicted molar refractivity (Wildman–Crippen MR) is 74.3 cm³/mol. The third-order valence-corrected chi connectivity index (χ3v) is 3.94. The minimum Gasteiger partial charge on any atom is -0.463 e. The lowest BCUT2D eigenvalue weighted by molar-refractivity contribution is 0.218. The first-order valence-electron chi connectivity index (χ1n) is 6.93. The van der Waals surface area contributed by atoms with E-state index >= 15 is 0 Å². The molecule has 3 nitrogen and oxygen atoms in total. The summed E-state index contributed by atoms with van der Waals surface area (Å²) in [6.45, 7) is 11.2. The highest BCUT2D eigenvalue weighted by atomic mass is 16.3. The molecule has 2 rings (SSSR count). The summed E-state index contributed by atoms with van der Waals surface area (Å²) >= 11 is 0. The van der Waals surface area contributed by atoms with E-state index in [0.717, 1.165) is 30.5 Å². The number of nitrogens with zero attached hydrogens (tertiary/aromatic N) is 1. The number of furan rings is 1. The van der Waals surface area contributed by atoms with Crippen LogP contribution in [0.1, 0.15) is 38.7 Å². The van der Waals surface area contributed by atoms with Crippen LogP contribution in [0.15, 0.2) is 16.5 Å². The summed E-state index contributed by atoms with van der Waals surface area (Å²) in [5.41, 5.74) is 0.426. The fourth-order valence-electron chi connectivity index (χ4n) is 2.68. The van der Waals surface area contributed by atoms with Gasteiger partial charge in [-0.15, -0.1) is 0 Å². The zero-order valence-electron chi connectivity index (χ0n) is 12.1. The first kappa shape index (κ1) is 13.6. The van der Waals surface area contributed by atoms with Gasteiger partial charge in [-0.25, -0.2) is 0 Å². The summed E-state index contributed by atoms with van der Waals surface area (Å²) in [6.07, 6.45) is 1.31. The van der Waals surface area contributed by atoms with E-state index < -0.39 is 0 Å². The summed E-state index contributed by atoms with van der Waals surface area (Å²) in [6, 6.07) is 4.18. The van der Waals surface area contributed by atoms with Crippen molar-refractivity contribution in [2.24, 2.45) is 11.3 Å². The van der Waals surface area contributed by atoms with Crippen molar-refractivity contribution in [3.63, 3.8) is 0 Å². The lowest BCUT2D eigenvalue weighted by atomic mass is 9.80. The van der Waals surface area contributed by atoms with Gasteiger partial charge in [0.1, 0.15) is 11.5 Å². The van der Waals surface area contributed by atoms with E-state index in [2.05, 4.69) is 43.1 Å². The molecule has 1 unspecified atom stereocenters. The van der Waals surface area contributed by atoms with Crippen LogP contribution >= 0.6 is 0 Å². The smallest absolute Gasteiger partial charge is 0.118 e. The highest BCUT2D eigenvalue weighted by Gasteiger charge is 2.31. The van der Waals surface area contributed by atoms with Gasteiger partial charge in [-0.2, -0.15) is 0 Å². The molecule has 1 aromatic heterocycles. The highest BCUT2D eigenvalue weighted by molar-refractivity contribution is 5.07. The Morgan fingerprint density at radius 2 is 2.06 bits per heavy atom. The van der Waals surface area contributed by atoms with Crippen molar-refractivity contribution >= 4 is 0 Å². The molecule has 0 radical (unpaired) electrons. The molecule has 1 aromatic rings. The Kier molecular flexibility index (Phi) is 4.13. The van der Waals surface area contributed by atoms with Gasteiger partial charge in [0.05, 0.1) is 13.1 Å². The number of rotatable bonds is 4. The van der Waals surface area contributed by atoms with Crippen molar-refractivity contribution in [2.75, 3.05) is 20.1 Å². The molecule has 0 saturated carbocycles. The average Bonchev–Trinajstić information content (AvgIpc) is 2.88. The van der Waals surface area contributed by atoms with E-state index in [1.165, 1.54) is 19.5 Å². The van der Waals surface area contributed by atoms with Gasteiger partial charge in [0.25, 0.3) is 0 Å². The van der Waals surface area contributed by atoms with Gasteiger partial charge in [0.2, 0.25) is 0 Å². The molecule has 1 fully saturated rings. The van der Waals surface area contributed by atoms with Crippen molar-refractivity contribution in [3.8, 4) is 0 Å². The first-order valence-corrected chi connectivity index (χ1v) is 6.93. The number of nitrogens with one attached hydrogen (secondary N) is 1. The summed E-state index contributed by atoms with van der Waals surface area (Å²) in [5, 5.41) is 3.11. The Hall–Kier alpha value is -0.800. The van der Waals surface area contributed by atoms with Crippen LogP contribution in [0.5, 0.6) is 0 Å². The Bertz CT molecular complexity index is 378. The molecule has 1 atom stereocenters. The van der Waals surface area contributed by atoms with Gasteiger partial charge in [-0.05, 0) is 43.5 Å². The molecule has 2 heterocycles. The van der Waals surface area contributed by atoms with E-state index in [4.69, 9.17) is 4.42 Å². The quantitative estimate of drug-likeness (QED) is 0.890. The monoisotopic (exact) mass is 250 g/mol. The Morgan fingerprint density at radius 1 is 1.33 bits per heavy atom. The molecule has 1 N–H and O–H groups in total. The zero-order chi connectivity index (χ0) is 13.2. The second-order valence-corrected chi connectivity index (χ2v) is 6.49. The van der Waals surface area contributed by atoms with E-state index in [1.54, 1.807) is 0 Å². The van der Waals surface area contributed by atoms with E-state index in [-0.39, 0.29) is 0 Å². The minimum atomic E-state index is 0.426. The van der Waals surface area contributed by atoms with Crippen LogP contribution in [0.3, 0.4) is 0 Å². The van der Waals surface area contributed by atoms with Gasteiger partial charge in [0, 0.05) is 6.54 Å². The number of hydrogen-bond acceptors (Lipinski definition) is 3. The minimum absolute atomic E-state index is 0.426. The fraction of sp³-hybridized carbons (Fsp3) is 0.733. The first-order chi connectivity index (χ1) is 8.49. The molecule has 18 heavy (non-hydrogen) atoms. The van der Waals surface area contributed by atoms with E-state index in [1.807, 2.05) is 7.05 Å². The average molecular weight is 250 g/mol. The predicted octanol–water partition coefficient (Wildman–Crippen LogP) is 2.87. The number of hydrogen-bond donors (Lipinski definition) is 1. The van der Waals surface area contributed by atoms with Gasteiger partial charge < -0.3 is 9.73 Å². The second-order valence-electron chi connectivity index (χ2n) is 6.49. The zero-order valence-corrected chi connectivity index (χ0v) is 12.1. The van der Waals surface area contributed by atoms with Crippen LogP contribution < -0.4 is 5.32 Å². The van der Waals surface area contributed by atoms with Crippen molar-refractivity contribution < 1.29 is 4.42 Å². The molecule has 1 aliphatic heterocycles. The van der Waals surface area contributed by atoms with Crippen molar-refractivity contribution in [1.29, 1.82) is 0 Å². The lowest BCUT2D eigenvalue weighted by Crippen LogP contribution is -2.25. The van der Waals surface area contributed by atoms with E-state index in [0.29, 0.717) is 5.41 Å². The van der Waals surface area contributed by atoms with E-state index in [9.17, 15) is 0 Å². The van der Waals surface area contributed by atoms with Crippen LogP contribution in [0.2, 0.25) is 0 Å². The molecule has 102 valence electrons. The highest BCUT2D eigenvalue weighted by Crippen LogP contribution is 2.34. The molecule has 1 aliphatic rings. The summed E-state index contributed by atoms with van der Waals surface area (Å²) in [7, 11) is 1.94. The Balaban J connectivity index is 1.87. The van der Waals surface area contributed by atoms with Crippen molar-refractivity contribution in [2.45, 2.75) is 40.3 Å². The summed E-state index contributed by atoms with van der Waals surface area (Å²) in [5.74, 6) is 2.93. The fourth-order valence-corrected chi connectivity index (χ4v) is 2.68. The van der Waals surface area contributed by atoms with Crippen molar-refractivity contribution in [3.05, 3.63) is 23.7 Å². The largest absolute Gasteiger partial charge is 0.463 e. The van der Waals surface area contributed by atoms with Gasteiger partial charge in [-0.1, -0.05) is 20.8 Å². The van der Waals surface area contributed by atoms with Crippen molar-refractivity contribution in [1.82, 2.24) is 10.2 Å². The lowest BCUT2D eigenvalue weighted by Gasteiger charge is -2.26. The maximum Gasteiger partial charge on any atom is 0.118 e. The molecule has 1 saturated heterocycles. The third-order valence-electron chi connectivity index (χ3n) is 3.94. The number of likely N-dealkylation sites (tertiary alicyclic amines) is 1. The molecular formula is C15H26N2O. The summed E-state index contributed by atoms with van der Waals surface area (Å²) < 4.78 is 5.80. The van der Waals surface area contributed by atoms with Gasteiger partial charge >= 0.3 is 0 Å². The Morgan fingerprint density at radius 3 is 2.67 bits per heavy atom. The molecule has 0 aromatic carbocycles. The molecule has 0 amide bonds. The molecule has 0 spiro atoms. The maximum absolute atomic E-state index is 5.80. The third kappa shape index (κ3) is 3.36. The van der Waals surface area contributed by atoms with Crippen LogP contribution in [0.25, 0.3) is 0 Å². The van der Waals surface area contributed by atoms with Crippen LogP contribution in [0.4, 0.5) is 0 Å². The SMILES string of the molecule is CNCc1ccc(CN2CCC(C(C)(C)C)C2)o1. The van der Waals surface area contributed by atoms with Gasteiger partial charge in [0.15, 0.2) is 0 Å². The maximum atomic E-state index is 5.80. The Labute approximate surface area is 111 Å². The normalized spacial score (nSPS) is 21.7. The molecule has 0 aliphatic carbocycles. The summed E-state index contributed by atoms with van der Waals surface area (Å²) in [4.78, 5) is 2.51. The van der Waals surface area contributed by atoms with Crippen LogP contribution in [-0.2, 0) is 13.1 Å². The van der Waals surface area contributed by atoms with Crippen LogP contribution in [0, 0.1) is 11.3 Å². The van der Waals surface area contributed by atoms with Gasteiger partial charge in [-0.3, -0.25) is 4.90 Å². The molecular weight excluding hydrogens is 224 g/mol. The standard InChI is InChI=1S/C15H26N2O/c1-15(2,3)12-7-8-17(10-12)11-14-6-5-13(18-14)9-16-4/h5-6,12,16H,7-11H2,1-4H3. The molecule has 3 heteroatoms. The topological polar surface area (TPSA) is 28.4 Å². The van der Waals surface area contributed by atoms with Crippen LogP contribution in [-0.4, -0.2) is 25.0 Å². The molecule has 0 bridgehead atoms. The second kappa shape index (κ2) is 5.45.